The number of nitrogens with zero attached hydrogens (tertiary/aromatic N) is 1. The molecular weight excluding hydrogens is 196 g/mol. The molecule has 0 aromatic rings. The van der Waals surface area contributed by atoms with E-state index in [0.29, 0.717) is 6.04 Å². The summed E-state index contributed by atoms with van der Waals surface area (Å²) in [7, 11) is 0. The fourth-order valence-corrected chi connectivity index (χ4v) is 2.90. The molecule has 1 heterocycles. The maximum atomic E-state index is 3.70. The first-order chi connectivity index (χ1) is 7.69. The molecule has 0 aliphatic carbocycles. The SMILES string of the molecule is CCCC1CN(C(C)CCC)C(C)CCN1. The van der Waals surface area contributed by atoms with Gasteiger partial charge in [0.15, 0.2) is 0 Å². The van der Waals surface area contributed by atoms with E-state index >= 15 is 0 Å². The smallest absolute Gasteiger partial charge is 0.0195 e. The third-order valence-electron chi connectivity index (χ3n) is 3.90. The van der Waals surface area contributed by atoms with Gasteiger partial charge in [0.05, 0.1) is 0 Å². The van der Waals surface area contributed by atoms with E-state index in [1.165, 1.54) is 45.2 Å². The van der Waals surface area contributed by atoms with Gasteiger partial charge in [0.25, 0.3) is 0 Å². The van der Waals surface area contributed by atoms with Crippen LogP contribution in [0.4, 0.5) is 0 Å². The molecule has 1 rings (SSSR count). The lowest BCUT2D eigenvalue weighted by molar-refractivity contribution is 0.141. The Morgan fingerprint density at radius 2 is 2.06 bits per heavy atom. The highest BCUT2D eigenvalue weighted by atomic mass is 15.2. The van der Waals surface area contributed by atoms with Crippen molar-refractivity contribution in [2.24, 2.45) is 0 Å². The Hall–Kier alpha value is -0.0800. The highest BCUT2D eigenvalue weighted by molar-refractivity contribution is 4.83. The summed E-state index contributed by atoms with van der Waals surface area (Å²) in [5, 5.41) is 3.70. The van der Waals surface area contributed by atoms with Gasteiger partial charge >= 0.3 is 0 Å². The third kappa shape index (κ3) is 4.06. The summed E-state index contributed by atoms with van der Waals surface area (Å²) in [6.45, 7) is 11.8. The molecule has 16 heavy (non-hydrogen) atoms. The maximum Gasteiger partial charge on any atom is 0.0195 e. The van der Waals surface area contributed by atoms with E-state index in [4.69, 9.17) is 0 Å². The summed E-state index contributed by atoms with van der Waals surface area (Å²) in [6.07, 6.45) is 6.55. The number of rotatable bonds is 5. The molecule has 2 nitrogen and oxygen atoms in total. The zero-order valence-electron chi connectivity index (χ0n) is 11.6. The van der Waals surface area contributed by atoms with Crippen molar-refractivity contribution in [1.82, 2.24) is 10.2 Å². The molecule has 0 aromatic carbocycles. The molecule has 1 saturated heterocycles. The Kier molecular flexibility index (Phi) is 6.37. The van der Waals surface area contributed by atoms with Crippen LogP contribution in [0.25, 0.3) is 0 Å². The van der Waals surface area contributed by atoms with E-state index in [1.807, 2.05) is 0 Å². The highest BCUT2D eigenvalue weighted by Crippen LogP contribution is 2.17. The molecule has 96 valence electrons. The Bertz CT molecular complexity index is 178. The van der Waals surface area contributed by atoms with Gasteiger partial charge in [-0.1, -0.05) is 26.7 Å². The minimum absolute atomic E-state index is 0.717. The predicted octanol–water partition coefficient (Wildman–Crippen LogP) is 3.03. The van der Waals surface area contributed by atoms with Crippen LogP contribution in [-0.4, -0.2) is 36.1 Å². The number of nitrogens with one attached hydrogen (secondary N) is 1. The van der Waals surface area contributed by atoms with Gasteiger partial charge in [-0.2, -0.15) is 0 Å². The molecule has 0 bridgehead atoms. The summed E-state index contributed by atoms with van der Waals surface area (Å²) in [5.41, 5.74) is 0. The molecule has 1 aliphatic rings. The van der Waals surface area contributed by atoms with Gasteiger partial charge in [-0.3, -0.25) is 4.90 Å². The van der Waals surface area contributed by atoms with Gasteiger partial charge in [-0.25, -0.2) is 0 Å². The first kappa shape index (κ1) is 14.0. The number of hydrogen-bond donors (Lipinski definition) is 1. The van der Waals surface area contributed by atoms with Crippen LogP contribution in [0.15, 0.2) is 0 Å². The van der Waals surface area contributed by atoms with Gasteiger partial charge in [-0.05, 0) is 39.7 Å². The van der Waals surface area contributed by atoms with Gasteiger partial charge in [-0.15, -0.1) is 0 Å². The fraction of sp³-hybridized carbons (Fsp3) is 1.00. The minimum Gasteiger partial charge on any atom is -0.313 e. The van der Waals surface area contributed by atoms with Gasteiger partial charge < -0.3 is 5.32 Å². The maximum absolute atomic E-state index is 3.70. The van der Waals surface area contributed by atoms with Crippen molar-refractivity contribution in [3.8, 4) is 0 Å². The molecule has 1 aliphatic heterocycles. The lowest BCUT2D eigenvalue weighted by atomic mass is 10.1. The van der Waals surface area contributed by atoms with Crippen LogP contribution in [-0.2, 0) is 0 Å². The minimum atomic E-state index is 0.717. The largest absolute Gasteiger partial charge is 0.313 e. The lowest BCUT2D eigenvalue weighted by Crippen LogP contribution is -2.44. The summed E-state index contributed by atoms with van der Waals surface area (Å²) in [4.78, 5) is 2.73. The van der Waals surface area contributed by atoms with Crippen molar-refractivity contribution in [3.63, 3.8) is 0 Å². The second-order valence-corrected chi connectivity index (χ2v) is 5.41. The van der Waals surface area contributed by atoms with Crippen LogP contribution < -0.4 is 5.32 Å². The van der Waals surface area contributed by atoms with Crippen LogP contribution >= 0.6 is 0 Å². The topological polar surface area (TPSA) is 15.3 Å². The Balaban J connectivity index is 2.55. The van der Waals surface area contributed by atoms with Crippen molar-refractivity contribution >= 4 is 0 Å². The van der Waals surface area contributed by atoms with Crippen LogP contribution in [0, 0.1) is 0 Å². The normalized spacial score (nSPS) is 30.0. The van der Waals surface area contributed by atoms with E-state index in [0.717, 1.165) is 12.1 Å². The average molecular weight is 226 g/mol. The van der Waals surface area contributed by atoms with Crippen molar-refractivity contribution in [1.29, 1.82) is 0 Å². The van der Waals surface area contributed by atoms with Crippen molar-refractivity contribution in [2.45, 2.75) is 77.9 Å². The molecular formula is C14H30N2. The average Bonchev–Trinajstić information content (AvgIpc) is 2.42. The van der Waals surface area contributed by atoms with Crippen molar-refractivity contribution < 1.29 is 0 Å². The lowest BCUT2D eigenvalue weighted by Gasteiger charge is -2.34. The van der Waals surface area contributed by atoms with Crippen LogP contribution in [0.1, 0.15) is 59.8 Å². The molecule has 0 radical (unpaired) electrons. The first-order valence-electron chi connectivity index (χ1n) is 7.18. The molecule has 3 atom stereocenters. The van der Waals surface area contributed by atoms with E-state index in [2.05, 4.69) is 37.9 Å². The Labute approximate surface area is 102 Å². The standard InChI is InChI=1S/C14H30N2/c1-5-7-12(3)16-11-14(8-6-2)15-10-9-13(16)4/h12-15H,5-11H2,1-4H3. The van der Waals surface area contributed by atoms with Crippen molar-refractivity contribution in [2.75, 3.05) is 13.1 Å². The molecule has 0 amide bonds. The highest BCUT2D eigenvalue weighted by Gasteiger charge is 2.25. The van der Waals surface area contributed by atoms with E-state index in [9.17, 15) is 0 Å². The molecule has 0 aromatic heterocycles. The predicted molar refractivity (Wildman–Crippen MR) is 71.9 cm³/mol. The third-order valence-corrected chi connectivity index (χ3v) is 3.90. The van der Waals surface area contributed by atoms with Crippen LogP contribution in [0.5, 0.6) is 0 Å². The summed E-state index contributed by atoms with van der Waals surface area (Å²) >= 11 is 0. The molecule has 2 heteroatoms. The molecule has 0 spiro atoms. The van der Waals surface area contributed by atoms with Gasteiger partial charge in [0.1, 0.15) is 0 Å². The fourth-order valence-electron chi connectivity index (χ4n) is 2.90. The first-order valence-corrected chi connectivity index (χ1v) is 7.18. The number of hydrogen-bond acceptors (Lipinski definition) is 2. The van der Waals surface area contributed by atoms with E-state index in [-0.39, 0.29) is 0 Å². The quantitative estimate of drug-likeness (QED) is 0.775. The van der Waals surface area contributed by atoms with Crippen molar-refractivity contribution in [3.05, 3.63) is 0 Å². The van der Waals surface area contributed by atoms with Crippen LogP contribution in [0.2, 0.25) is 0 Å². The summed E-state index contributed by atoms with van der Waals surface area (Å²) in [6, 6.07) is 2.21. The Morgan fingerprint density at radius 3 is 2.69 bits per heavy atom. The molecule has 1 N–H and O–H groups in total. The van der Waals surface area contributed by atoms with E-state index < -0.39 is 0 Å². The molecule has 3 unspecified atom stereocenters. The van der Waals surface area contributed by atoms with Crippen LogP contribution in [0.3, 0.4) is 0 Å². The van der Waals surface area contributed by atoms with Gasteiger partial charge in [0.2, 0.25) is 0 Å². The zero-order chi connectivity index (χ0) is 12.0. The van der Waals surface area contributed by atoms with Gasteiger partial charge in [0, 0.05) is 24.7 Å². The Morgan fingerprint density at radius 1 is 1.31 bits per heavy atom. The van der Waals surface area contributed by atoms with E-state index in [1.54, 1.807) is 0 Å². The molecule has 0 saturated carbocycles. The monoisotopic (exact) mass is 226 g/mol. The summed E-state index contributed by atoms with van der Waals surface area (Å²) in [5.74, 6) is 0. The second-order valence-electron chi connectivity index (χ2n) is 5.41. The second kappa shape index (κ2) is 7.29. The molecule has 1 fully saturated rings. The summed E-state index contributed by atoms with van der Waals surface area (Å²) < 4.78 is 0. The zero-order valence-corrected chi connectivity index (χ0v) is 11.6.